The van der Waals surface area contributed by atoms with E-state index in [9.17, 15) is 4.79 Å². The van der Waals surface area contributed by atoms with E-state index in [1.54, 1.807) is 0 Å². The van der Waals surface area contributed by atoms with Crippen LogP contribution in [0.2, 0.25) is 0 Å². The van der Waals surface area contributed by atoms with E-state index in [1.165, 1.54) is 12.8 Å². The van der Waals surface area contributed by atoms with Gasteiger partial charge >= 0.3 is 0 Å². The van der Waals surface area contributed by atoms with Gasteiger partial charge in [0.2, 0.25) is 5.91 Å². The summed E-state index contributed by atoms with van der Waals surface area (Å²) in [5.41, 5.74) is 0. The Morgan fingerprint density at radius 3 is 2.73 bits per heavy atom. The van der Waals surface area contributed by atoms with Crippen LogP contribution < -0.4 is 0 Å². The van der Waals surface area contributed by atoms with Crippen molar-refractivity contribution in [3.05, 3.63) is 11.6 Å². The van der Waals surface area contributed by atoms with Crippen molar-refractivity contribution in [2.75, 3.05) is 26.2 Å². The van der Waals surface area contributed by atoms with Crippen molar-refractivity contribution in [1.29, 1.82) is 0 Å². The van der Waals surface area contributed by atoms with E-state index >= 15 is 0 Å². The molecule has 22 heavy (non-hydrogen) atoms. The van der Waals surface area contributed by atoms with E-state index in [-0.39, 0.29) is 17.9 Å². The Bertz CT molecular complexity index is 522. The number of hydrogen-bond donors (Lipinski definition) is 1. The molecule has 1 unspecified atom stereocenters. The topological polar surface area (TPSA) is 65.1 Å². The van der Waals surface area contributed by atoms with Gasteiger partial charge in [-0.3, -0.25) is 9.89 Å². The molecule has 1 aliphatic carbocycles. The second kappa shape index (κ2) is 6.36. The van der Waals surface area contributed by atoms with E-state index in [1.807, 2.05) is 25.7 Å². The number of amides is 1. The summed E-state index contributed by atoms with van der Waals surface area (Å²) in [5.74, 6) is 2.65. The summed E-state index contributed by atoms with van der Waals surface area (Å²) in [6.07, 6.45) is 3.75. The Labute approximate surface area is 132 Å². The van der Waals surface area contributed by atoms with Gasteiger partial charge in [0.05, 0.1) is 0 Å². The molecular formula is C16H27N5O. The van der Waals surface area contributed by atoms with Crippen LogP contribution in [0, 0.1) is 18.8 Å². The number of rotatable bonds is 4. The second-order valence-electron chi connectivity index (χ2n) is 7.04. The van der Waals surface area contributed by atoms with E-state index in [0.29, 0.717) is 0 Å². The molecule has 1 aromatic rings. The third-order valence-corrected chi connectivity index (χ3v) is 4.58. The average molecular weight is 305 g/mol. The number of aromatic amines is 1. The van der Waals surface area contributed by atoms with Crippen LogP contribution >= 0.6 is 0 Å². The third kappa shape index (κ3) is 3.48. The predicted octanol–water partition coefficient (Wildman–Crippen LogP) is 1.75. The van der Waals surface area contributed by atoms with Crippen molar-refractivity contribution in [2.24, 2.45) is 11.8 Å². The standard InChI is InChI=1S/C16H27N5O/c1-11(2)16(22)21-8-4-7-20(9-13-5-6-13)10-14(21)15-17-12(3)18-19-15/h11,13-14H,4-10H2,1-3H3,(H,17,18,19). The Morgan fingerprint density at radius 2 is 2.14 bits per heavy atom. The first-order chi connectivity index (χ1) is 10.5. The summed E-state index contributed by atoms with van der Waals surface area (Å²) in [7, 11) is 0. The largest absolute Gasteiger partial charge is 0.331 e. The van der Waals surface area contributed by atoms with Gasteiger partial charge < -0.3 is 9.80 Å². The maximum absolute atomic E-state index is 12.6. The normalized spacial score (nSPS) is 23.8. The van der Waals surface area contributed by atoms with Crippen LogP contribution in [0.25, 0.3) is 0 Å². The lowest BCUT2D eigenvalue weighted by atomic mass is 10.1. The van der Waals surface area contributed by atoms with Crippen molar-refractivity contribution in [3.63, 3.8) is 0 Å². The minimum absolute atomic E-state index is 0.0116. The number of aromatic nitrogens is 3. The fraction of sp³-hybridized carbons (Fsp3) is 0.812. The summed E-state index contributed by atoms with van der Waals surface area (Å²) < 4.78 is 0. The van der Waals surface area contributed by atoms with Gasteiger partial charge in [-0.15, -0.1) is 0 Å². The lowest BCUT2D eigenvalue weighted by Gasteiger charge is -2.31. The number of carbonyl (C=O) groups is 1. The molecule has 2 aliphatic rings. The molecule has 122 valence electrons. The van der Waals surface area contributed by atoms with Gasteiger partial charge in [-0.2, -0.15) is 5.10 Å². The molecule has 0 aromatic carbocycles. The predicted molar refractivity (Wildman–Crippen MR) is 84.2 cm³/mol. The summed E-state index contributed by atoms with van der Waals surface area (Å²) >= 11 is 0. The highest BCUT2D eigenvalue weighted by molar-refractivity contribution is 5.78. The Balaban J connectivity index is 1.82. The van der Waals surface area contributed by atoms with Crippen LogP contribution in [0.5, 0.6) is 0 Å². The zero-order chi connectivity index (χ0) is 15.7. The number of aryl methyl sites for hydroxylation is 1. The van der Waals surface area contributed by atoms with Crippen LogP contribution in [0.3, 0.4) is 0 Å². The molecule has 3 rings (SSSR count). The molecule has 1 saturated carbocycles. The fourth-order valence-electron chi connectivity index (χ4n) is 3.21. The number of hydrogen-bond acceptors (Lipinski definition) is 4. The SMILES string of the molecule is Cc1nc(C2CN(CC3CC3)CCCN2C(=O)C(C)C)n[nH]1. The minimum atomic E-state index is -0.0268. The highest BCUT2D eigenvalue weighted by Gasteiger charge is 2.34. The first kappa shape index (κ1) is 15.5. The summed E-state index contributed by atoms with van der Waals surface area (Å²) in [6.45, 7) is 9.72. The van der Waals surface area contributed by atoms with Crippen LogP contribution in [0.1, 0.15) is 50.8 Å². The zero-order valence-corrected chi connectivity index (χ0v) is 13.9. The molecule has 0 spiro atoms. The molecule has 6 heteroatoms. The molecule has 1 amide bonds. The van der Waals surface area contributed by atoms with Crippen molar-refractivity contribution in [1.82, 2.24) is 25.0 Å². The summed E-state index contributed by atoms with van der Waals surface area (Å²) in [4.78, 5) is 21.6. The van der Waals surface area contributed by atoms with Gasteiger partial charge in [0.1, 0.15) is 11.9 Å². The Morgan fingerprint density at radius 1 is 1.36 bits per heavy atom. The molecule has 1 atom stereocenters. The smallest absolute Gasteiger partial charge is 0.225 e. The van der Waals surface area contributed by atoms with Crippen LogP contribution in [-0.4, -0.2) is 57.1 Å². The fourth-order valence-corrected chi connectivity index (χ4v) is 3.21. The monoisotopic (exact) mass is 305 g/mol. The van der Waals surface area contributed by atoms with Gasteiger partial charge in [-0.05, 0) is 38.6 Å². The first-order valence-electron chi connectivity index (χ1n) is 8.46. The molecule has 1 saturated heterocycles. The number of carbonyl (C=O) groups excluding carboxylic acids is 1. The highest BCUT2D eigenvalue weighted by atomic mass is 16.2. The minimum Gasteiger partial charge on any atom is -0.331 e. The van der Waals surface area contributed by atoms with Gasteiger partial charge in [0.25, 0.3) is 0 Å². The quantitative estimate of drug-likeness (QED) is 0.920. The van der Waals surface area contributed by atoms with E-state index in [0.717, 1.165) is 50.2 Å². The maximum Gasteiger partial charge on any atom is 0.225 e. The van der Waals surface area contributed by atoms with Gasteiger partial charge in [-0.25, -0.2) is 4.98 Å². The van der Waals surface area contributed by atoms with Gasteiger partial charge in [0.15, 0.2) is 5.82 Å². The Hall–Kier alpha value is -1.43. The lowest BCUT2D eigenvalue weighted by molar-refractivity contribution is -0.137. The second-order valence-corrected chi connectivity index (χ2v) is 7.04. The Kier molecular flexibility index (Phi) is 4.47. The van der Waals surface area contributed by atoms with E-state index in [4.69, 9.17) is 0 Å². The van der Waals surface area contributed by atoms with E-state index in [2.05, 4.69) is 20.1 Å². The summed E-state index contributed by atoms with van der Waals surface area (Å²) in [5, 5.41) is 7.27. The number of nitrogens with one attached hydrogen (secondary N) is 1. The molecule has 6 nitrogen and oxygen atoms in total. The zero-order valence-electron chi connectivity index (χ0n) is 13.9. The number of H-pyrrole nitrogens is 1. The molecule has 0 bridgehead atoms. The molecule has 2 fully saturated rings. The maximum atomic E-state index is 12.6. The molecule has 1 N–H and O–H groups in total. The molecule has 0 radical (unpaired) electrons. The van der Waals surface area contributed by atoms with Crippen molar-refractivity contribution in [2.45, 2.75) is 46.1 Å². The molecular weight excluding hydrogens is 278 g/mol. The molecule has 2 heterocycles. The van der Waals surface area contributed by atoms with E-state index < -0.39 is 0 Å². The van der Waals surface area contributed by atoms with Crippen LogP contribution in [0.4, 0.5) is 0 Å². The van der Waals surface area contributed by atoms with Crippen molar-refractivity contribution >= 4 is 5.91 Å². The third-order valence-electron chi connectivity index (χ3n) is 4.58. The van der Waals surface area contributed by atoms with Crippen LogP contribution in [0.15, 0.2) is 0 Å². The van der Waals surface area contributed by atoms with Crippen molar-refractivity contribution < 1.29 is 4.79 Å². The lowest BCUT2D eigenvalue weighted by Crippen LogP contribution is -2.41. The van der Waals surface area contributed by atoms with Gasteiger partial charge in [-0.1, -0.05) is 13.8 Å². The average Bonchev–Trinajstić information content (AvgIpc) is 3.23. The first-order valence-corrected chi connectivity index (χ1v) is 8.46. The van der Waals surface area contributed by atoms with Crippen molar-refractivity contribution in [3.8, 4) is 0 Å². The molecule has 1 aliphatic heterocycles. The van der Waals surface area contributed by atoms with Gasteiger partial charge in [0, 0.05) is 25.6 Å². The number of nitrogens with zero attached hydrogens (tertiary/aromatic N) is 4. The molecule has 1 aromatic heterocycles. The van der Waals surface area contributed by atoms with Crippen LogP contribution in [-0.2, 0) is 4.79 Å². The summed E-state index contributed by atoms with van der Waals surface area (Å²) in [6, 6.07) is -0.0268. The highest BCUT2D eigenvalue weighted by Crippen LogP contribution is 2.32.